The topological polar surface area (TPSA) is 88.8 Å². The van der Waals surface area contributed by atoms with Gasteiger partial charge in [-0.3, -0.25) is 4.79 Å². The lowest BCUT2D eigenvalue weighted by Gasteiger charge is -2.32. The summed E-state index contributed by atoms with van der Waals surface area (Å²) in [5.74, 6) is -1.63. The van der Waals surface area contributed by atoms with Crippen molar-refractivity contribution in [1.29, 1.82) is 5.26 Å². The number of allylic oxidation sites excluding steroid dienone is 1. The monoisotopic (exact) mass is 468 g/mol. The molecule has 1 heterocycles. The van der Waals surface area contributed by atoms with Crippen LogP contribution in [-0.2, 0) is 9.47 Å². The summed E-state index contributed by atoms with van der Waals surface area (Å²) in [5.41, 5.74) is -0.307. The van der Waals surface area contributed by atoms with Crippen molar-refractivity contribution >= 4 is 17.7 Å². The second-order valence-corrected chi connectivity index (χ2v) is 8.20. The normalized spacial score (nSPS) is 19.4. The Labute approximate surface area is 193 Å². The molecule has 0 N–H and O–H groups in total. The van der Waals surface area contributed by atoms with Crippen LogP contribution in [0, 0.1) is 11.3 Å². The van der Waals surface area contributed by atoms with Crippen molar-refractivity contribution in [2.75, 3.05) is 0 Å². The molecule has 174 valence electrons. The molecule has 2 aromatic rings. The molecular formula is C25H19F3N2O4. The van der Waals surface area contributed by atoms with Gasteiger partial charge in [-0.05, 0) is 37.5 Å². The highest BCUT2D eigenvalue weighted by Crippen LogP contribution is 2.48. The highest BCUT2D eigenvalue weighted by Gasteiger charge is 2.47. The average Bonchev–Trinajstić information content (AvgIpc) is 3.06. The minimum Gasteiger partial charge on any atom is -0.432 e. The number of carbonyl (C=O) groups excluding carboxylic acids is 2. The number of ketones is 1. The van der Waals surface area contributed by atoms with E-state index in [0.29, 0.717) is 22.3 Å². The van der Waals surface area contributed by atoms with Crippen LogP contribution in [0.15, 0.2) is 58.7 Å². The maximum atomic E-state index is 13.9. The Kier molecular flexibility index (Phi) is 5.77. The first kappa shape index (κ1) is 23.2. The Morgan fingerprint density at radius 1 is 1.09 bits per heavy atom. The molecule has 0 bridgehead atoms. The van der Waals surface area contributed by atoms with Gasteiger partial charge in [0.05, 0.1) is 29.4 Å². The van der Waals surface area contributed by atoms with Crippen LogP contribution in [0.3, 0.4) is 0 Å². The molecule has 0 saturated carbocycles. The van der Waals surface area contributed by atoms with E-state index >= 15 is 0 Å². The summed E-state index contributed by atoms with van der Waals surface area (Å²) in [6.07, 6.45) is -7.90. The van der Waals surface area contributed by atoms with Gasteiger partial charge >= 0.3 is 12.3 Å². The third-order valence-electron chi connectivity index (χ3n) is 5.63. The summed E-state index contributed by atoms with van der Waals surface area (Å²) in [4.78, 5) is 28.9. The molecule has 6 nitrogen and oxygen atoms in total. The van der Waals surface area contributed by atoms with Crippen molar-refractivity contribution in [2.24, 2.45) is 4.99 Å². The second kappa shape index (κ2) is 8.45. The molecule has 0 amide bonds. The number of aliphatic imine (C=N–C) groups is 1. The fourth-order valence-corrected chi connectivity index (χ4v) is 4.34. The fourth-order valence-electron chi connectivity index (χ4n) is 4.34. The van der Waals surface area contributed by atoms with Crippen LogP contribution in [0.25, 0.3) is 11.1 Å². The zero-order valence-corrected chi connectivity index (χ0v) is 18.4. The van der Waals surface area contributed by atoms with E-state index in [0.717, 1.165) is 0 Å². The first-order valence-electron chi connectivity index (χ1n) is 10.5. The number of nitriles is 1. The lowest BCUT2D eigenvalue weighted by Crippen LogP contribution is -2.38. The number of carbonyl (C=O) groups is 2. The minimum atomic E-state index is -4.92. The van der Waals surface area contributed by atoms with Crippen molar-refractivity contribution in [3.05, 3.63) is 70.4 Å². The molecule has 2 aromatic carbocycles. The molecule has 0 radical (unpaired) electrons. The maximum absolute atomic E-state index is 13.9. The zero-order valence-electron chi connectivity index (χ0n) is 18.4. The summed E-state index contributed by atoms with van der Waals surface area (Å²) in [6, 6.07) is 13.0. The Morgan fingerprint density at radius 2 is 1.74 bits per heavy atom. The van der Waals surface area contributed by atoms with Gasteiger partial charge in [0, 0.05) is 11.1 Å². The van der Waals surface area contributed by atoms with E-state index in [-0.39, 0.29) is 17.1 Å². The largest absolute Gasteiger partial charge is 0.509 e. The van der Waals surface area contributed by atoms with Crippen molar-refractivity contribution in [3.63, 3.8) is 0 Å². The van der Waals surface area contributed by atoms with Crippen molar-refractivity contribution in [1.82, 2.24) is 0 Å². The Morgan fingerprint density at radius 3 is 2.35 bits per heavy atom. The summed E-state index contributed by atoms with van der Waals surface area (Å²) in [6.45, 7) is 4.48. The number of hydrogen-bond donors (Lipinski definition) is 0. The molecule has 2 unspecified atom stereocenters. The molecule has 0 aromatic heterocycles. The molecular weight excluding hydrogens is 449 g/mol. The van der Waals surface area contributed by atoms with Gasteiger partial charge in [-0.2, -0.15) is 18.4 Å². The smallest absolute Gasteiger partial charge is 0.432 e. The highest BCUT2D eigenvalue weighted by atomic mass is 19.4. The van der Waals surface area contributed by atoms with Gasteiger partial charge in [-0.25, -0.2) is 9.79 Å². The summed E-state index contributed by atoms with van der Waals surface area (Å²) < 4.78 is 52.1. The van der Waals surface area contributed by atoms with Crippen LogP contribution < -0.4 is 0 Å². The van der Waals surface area contributed by atoms with Crippen LogP contribution in [0.1, 0.15) is 48.2 Å². The Hall–Kier alpha value is -3.93. The third-order valence-corrected chi connectivity index (χ3v) is 5.63. The van der Waals surface area contributed by atoms with Gasteiger partial charge in [0.25, 0.3) is 0 Å². The van der Waals surface area contributed by atoms with Crippen LogP contribution in [0.2, 0.25) is 0 Å². The highest BCUT2D eigenvalue weighted by molar-refractivity contribution is 6.22. The maximum Gasteiger partial charge on any atom is 0.509 e. The number of nitrogens with zero attached hydrogens (tertiary/aromatic N) is 2. The molecule has 1 aliphatic heterocycles. The summed E-state index contributed by atoms with van der Waals surface area (Å²) in [5, 5.41) is 9.82. The van der Waals surface area contributed by atoms with E-state index in [1.54, 1.807) is 50.2 Å². The van der Waals surface area contributed by atoms with Crippen LogP contribution in [-0.4, -0.2) is 36.0 Å². The van der Waals surface area contributed by atoms with Gasteiger partial charge in [-0.15, -0.1) is 0 Å². The van der Waals surface area contributed by atoms with Crippen molar-refractivity contribution in [2.45, 2.75) is 45.1 Å². The fraction of sp³-hybridized carbons (Fsp3) is 0.280. The standard InChI is InChI=1S/C25H19F3N2O4/c1-12(2)33-24(32)34-22-13(3)30-23(25(26,27)28)18(11-29)20(22)16-9-6-10-17-19(16)14-7-4-5-8-15(14)21(17)31/h4-10,12,20,22H,1-3H3. The van der Waals surface area contributed by atoms with Gasteiger partial charge in [0.15, 0.2) is 17.6 Å². The van der Waals surface area contributed by atoms with E-state index in [1.807, 2.05) is 0 Å². The SMILES string of the molecule is CC1=NC(C(F)(F)F)=C(C#N)C(c2cccc3c2-c2ccccc2C3=O)C1OC(=O)OC(C)C. The molecule has 0 fully saturated rings. The lowest BCUT2D eigenvalue weighted by molar-refractivity contribution is -0.0939. The third kappa shape index (κ3) is 3.85. The molecule has 0 saturated heterocycles. The van der Waals surface area contributed by atoms with Crippen LogP contribution in [0.5, 0.6) is 0 Å². The van der Waals surface area contributed by atoms with E-state index in [4.69, 9.17) is 9.47 Å². The van der Waals surface area contributed by atoms with Gasteiger partial charge < -0.3 is 9.47 Å². The predicted molar refractivity (Wildman–Crippen MR) is 116 cm³/mol. The molecule has 9 heteroatoms. The Bertz CT molecular complexity index is 1300. The molecule has 1 aliphatic carbocycles. The lowest BCUT2D eigenvalue weighted by atomic mass is 9.78. The van der Waals surface area contributed by atoms with Crippen molar-refractivity contribution in [3.8, 4) is 17.2 Å². The number of benzene rings is 2. The van der Waals surface area contributed by atoms with Crippen LogP contribution >= 0.6 is 0 Å². The first-order chi connectivity index (χ1) is 16.0. The molecule has 34 heavy (non-hydrogen) atoms. The summed E-state index contributed by atoms with van der Waals surface area (Å²) >= 11 is 0. The van der Waals surface area contributed by atoms with Crippen molar-refractivity contribution < 1.29 is 32.2 Å². The quantitative estimate of drug-likeness (QED) is 0.458. The molecule has 2 aliphatic rings. The average molecular weight is 468 g/mol. The Balaban J connectivity index is 1.96. The first-order valence-corrected chi connectivity index (χ1v) is 10.5. The second-order valence-electron chi connectivity index (χ2n) is 8.20. The zero-order chi connectivity index (χ0) is 24.8. The number of hydrogen-bond acceptors (Lipinski definition) is 6. The summed E-state index contributed by atoms with van der Waals surface area (Å²) in [7, 11) is 0. The minimum absolute atomic E-state index is 0.146. The van der Waals surface area contributed by atoms with E-state index in [9.17, 15) is 28.0 Å². The molecule has 2 atom stereocenters. The number of halogens is 3. The van der Waals surface area contributed by atoms with Gasteiger partial charge in [0.2, 0.25) is 0 Å². The van der Waals surface area contributed by atoms with E-state index < -0.39 is 41.7 Å². The number of alkyl halides is 3. The van der Waals surface area contributed by atoms with Gasteiger partial charge in [-0.1, -0.05) is 42.5 Å². The number of ether oxygens (including phenoxy) is 2. The number of rotatable bonds is 3. The number of fused-ring (bicyclic) bond motifs is 3. The van der Waals surface area contributed by atoms with Crippen LogP contribution in [0.4, 0.5) is 18.0 Å². The van der Waals surface area contributed by atoms with E-state index in [2.05, 4.69) is 4.99 Å². The predicted octanol–water partition coefficient (Wildman–Crippen LogP) is 5.73. The molecule has 4 rings (SSSR count). The molecule has 0 spiro atoms. The van der Waals surface area contributed by atoms with E-state index in [1.165, 1.54) is 19.1 Å². The van der Waals surface area contributed by atoms with Gasteiger partial charge in [0.1, 0.15) is 0 Å².